The summed E-state index contributed by atoms with van der Waals surface area (Å²) in [5.74, 6) is 2.01. The van der Waals surface area contributed by atoms with E-state index in [1.807, 2.05) is 11.8 Å². The number of nitrogen functional groups attached to an aromatic ring is 1. The molecule has 1 saturated heterocycles. The first-order valence-corrected chi connectivity index (χ1v) is 8.77. The molecule has 0 amide bonds. The van der Waals surface area contributed by atoms with Crippen molar-refractivity contribution in [3.05, 3.63) is 18.2 Å². The van der Waals surface area contributed by atoms with Gasteiger partial charge in [-0.3, -0.25) is 0 Å². The molecule has 2 rings (SSSR count). The van der Waals surface area contributed by atoms with Crippen LogP contribution in [0.25, 0.3) is 0 Å². The molecule has 0 saturated carbocycles. The summed E-state index contributed by atoms with van der Waals surface area (Å²) >= 11 is 1.89. The van der Waals surface area contributed by atoms with Crippen LogP contribution in [0.2, 0.25) is 0 Å². The van der Waals surface area contributed by atoms with E-state index in [9.17, 15) is 8.42 Å². The number of nitrogens with one attached hydrogen (secondary N) is 1. The van der Waals surface area contributed by atoms with Gasteiger partial charge < -0.3 is 10.6 Å². The highest BCUT2D eigenvalue weighted by molar-refractivity contribution is 7.99. The molecule has 1 fully saturated rings. The number of hydrogen-bond donors (Lipinski definition) is 2. The average Bonchev–Trinajstić information content (AvgIpc) is 2.39. The van der Waals surface area contributed by atoms with Crippen molar-refractivity contribution in [1.82, 2.24) is 4.72 Å². The smallest absolute Gasteiger partial charge is 0.242 e. The highest BCUT2D eigenvalue weighted by Crippen LogP contribution is 2.31. The molecule has 0 bridgehead atoms. The Morgan fingerprint density at radius 1 is 1.47 bits per heavy atom. The maximum Gasteiger partial charge on any atom is 0.242 e. The van der Waals surface area contributed by atoms with Gasteiger partial charge in [-0.15, -0.1) is 0 Å². The molecular weight excluding hydrogens is 282 g/mol. The molecule has 1 unspecified atom stereocenters. The van der Waals surface area contributed by atoms with Gasteiger partial charge in [-0.1, -0.05) is 0 Å². The molecule has 7 heteroatoms. The van der Waals surface area contributed by atoms with Crippen LogP contribution < -0.4 is 15.4 Å². The van der Waals surface area contributed by atoms with E-state index in [-0.39, 0.29) is 4.90 Å². The van der Waals surface area contributed by atoms with Crippen LogP contribution in [0.1, 0.15) is 6.92 Å². The molecule has 1 aliphatic rings. The first-order chi connectivity index (χ1) is 8.95. The monoisotopic (exact) mass is 301 g/mol. The standard InChI is InChI=1S/C12H19N3O2S2/c1-9-8-18-6-5-15(9)11-4-3-10(13)7-12(11)19(16,17)14-2/h3-4,7,9,14H,5-6,8,13H2,1-2H3. The zero-order valence-corrected chi connectivity index (χ0v) is 12.7. The van der Waals surface area contributed by atoms with Crippen molar-refractivity contribution in [3.8, 4) is 0 Å². The number of anilines is 2. The molecule has 1 atom stereocenters. The van der Waals surface area contributed by atoms with E-state index in [1.165, 1.54) is 13.1 Å². The largest absolute Gasteiger partial charge is 0.399 e. The molecule has 1 aromatic carbocycles. The van der Waals surface area contributed by atoms with Crippen molar-refractivity contribution >= 4 is 33.2 Å². The van der Waals surface area contributed by atoms with Crippen LogP contribution >= 0.6 is 11.8 Å². The fraction of sp³-hybridized carbons (Fsp3) is 0.500. The number of rotatable bonds is 3. The number of thioether (sulfide) groups is 1. The fourth-order valence-electron chi connectivity index (χ4n) is 2.18. The third-order valence-corrected chi connectivity index (χ3v) is 5.85. The van der Waals surface area contributed by atoms with Crippen LogP contribution in [0, 0.1) is 0 Å². The minimum Gasteiger partial charge on any atom is -0.399 e. The molecule has 0 aliphatic carbocycles. The molecule has 1 aliphatic heterocycles. The van der Waals surface area contributed by atoms with Gasteiger partial charge in [0.1, 0.15) is 4.90 Å². The number of sulfonamides is 1. The first kappa shape index (κ1) is 14.5. The van der Waals surface area contributed by atoms with Crippen molar-refractivity contribution in [2.75, 3.05) is 35.7 Å². The second-order valence-electron chi connectivity index (χ2n) is 4.55. The number of benzene rings is 1. The van der Waals surface area contributed by atoms with Gasteiger partial charge in [0.05, 0.1) is 5.69 Å². The van der Waals surface area contributed by atoms with Crippen LogP contribution in [0.15, 0.2) is 23.1 Å². The lowest BCUT2D eigenvalue weighted by Gasteiger charge is -2.36. The molecule has 0 radical (unpaired) electrons. The quantitative estimate of drug-likeness (QED) is 0.818. The highest BCUT2D eigenvalue weighted by atomic mass is 32.2. The molecule has 106 valence electrons. The Kier molecular flexibility index (Phi) is 4.27. The molecule has 3 N–H and O–H groups in total. The summed E-state index contributed by atoms with van der Waals surface area (Å²) in [6.07, 6.45) is 0. The molecule has 0 spiro atoms. The minimum atomic E-state index is -3.50. The van der Waals surface area contributed by atoms with Crippen molar-refractivity contribution in [3.63, 3.8) is 0 Å². The van der Waals surface area contributed by atoms with Crippen molar-refractivity contribution in [1.29, 1.82) is 0 Å². The Hall–Kier alpha value is -0.920. The molecule has 19 heavy (non-hydrogen) atoms. The normalized spacial score (nSPS) is 20.5. The van der Waals surface area contributed by atoms with E-state index in [0.29, 0.717) is 11.7 Å². The fourth-order valence-corrected chi connectivity index (χ4v) is 4.16. The van der Waals surface area contributed by atoms with E-state index in [1.54, 1.807) is 12.1 Å². The Balaban J connectivity index is 2.51. The predicted octanol–water partition coefficient (Wildman–Crippen LogP) is 1.12. The number of nitrogens with two attached hydrogens (primary N) is 1. The zero-order valence-electron chi connectivity index (χ0n) is 11.1. The number of nitrogens with zero attached hydrogens (tertiary/aromatic N) is 1. The summed E-state index contributed by atoms with van der Waals surface area (Å²) in [5, 5.41) is 0. The van der Waals surface area contributed by atoms with Crippen molar-refractivity contribution in [2.24, 2.45) is 0 Å². The lowest BCUT2D eigenvalue weighted by atomic mass is 10.2. The highest BCUT2D eigenvalue weighted by Gasteiger charge is 2.25. The van der Waals surface area contributed by atoms with E-state index >= 15 is 0 Å². The Morgan fingerprint density at radius 3 is 2.84 bits per heavy atom. The first-order valence-electron chi connectivity index (χ1n) is 6.13. The Morgan fingerprint density at radius 2 is 2.21 bits per heavy atom. The maximum absolute atomic E-state index is 12.1. The van der Waals surface area contributed by atoms with Crippen LogP contribution in [-0.4, -0.2) is 39.6 Å². The maximum atomic E-state index is 12.1. The topological polar surface area (TPSA) is 75.4 Å². The van der Waals surface area contributed by atoms with Gasteiger partial charge in [0.15, 0.2) is 0 Å². The van der Waals surface area contributed by atoms with Crippen molar-refractivity contribution < 1.29 is 8.42 Å². The van der Waals surface area contributed by atoms with E-state index in [4.69, 9.17) is 5.73 Å². The zero-order chi connectivity index (χ0) is 14.0. The molecule has 0 aromatic heterocycles. The second kappa shape index (κ2) is 5.60. The third kappa shape index (κ3) is 2.98. The lowest BCUT2D eigenvalue weighted by Crippen LogP contribution is -2.41. The summed E-state index contributed by atoms with van der Waals surface area (Å²) < 4.78 is 26.6. The molecule has 5 nitrogen and oxygen atoms in total. The van der Waals surface area contributed by atoms with Gasteiger partial charge in [-0.05, 0) is 32.2 Å². The van der Waals surface area contributed by atoms with E-state index < -0.39 is 10.0 Å². The Bertz CT molecular complexity index is 560. The van der Waals surface area contributed by atoms with Crippen LogP contribution in [0.3, 0.4) is 0 Å². The Labute approximate surface area is 118 Å². The van der Waals surface area contributed by atoms with Crippen molar-refractivity contribution in [2.45, 2.75) is 17.9 Å². The average molecular weight is 301 g/mol. The van der Waals surface area contributed by atoms with Gasteiger partial charge in [0.25, 0.3) is 0 Å². The van der Waals surface area contributed by atoms with Gasteiger partial charge in [0.2, 0.25) is 10.0 Å². The summed E-state index contributed by atoms with van der Waals surface area (Å²) in [6, 6.07) is 5.38. The summed E-state index contributed by atoms with van der Waals surface area (Å²) in [7, 11) is -2.09. The van der Waals surface area contributed by atoms with Crippen LogP contribution in [0.4, 0.5) is 11.4 Å². The lowest BCUT2D eigenvalue weighted by molar-refractivity contribution is 0.587. The third-order valence-electron chi connectivity index (χ3n) is 3.22. The summed E-state index contributed by atoms with van der Waals surface area (Å²) in [5.41, 5.74) is 6.92. The van der Waals surface area contributed by atoms with Crippen LogP contribution in [0.5, 0.6) is 0 Å². The summed E-state index contributed by atoms with van der Waals surface area (Å²) in [4.78, 5) is 2.40. The van der Waals surface area contributed by atoms with Gasteiger partial charge in [0, 0.05) is 29.8 Å². The molecular formula is C12H19N3O2S2. The van der Waals surface area contributed by atoms with Crippen LogP contribution in [-0.2, 0) is 10.0 Å². The minimum absolute atomic E-state index is 0.258. The molecule has 1 aromatic rings. The SMILES string of the molecule is CNS(=O)(=O)c1cc(N)ccc1N1CCSCC1C. The second-order valence-corrected chi connectivity index (χ2v) is 7.56. The number of hydrogen-bond acceptors (Lipinski definition) is 5. The van der Waals surface area contributed by atoms with Gasteiger partial charge in [-0.25, -0.2) is 13.1 Å². The predicted molar refractivity (Wildman–Crippen MR) is 81.2 cm³/mol. The van der Waals surface area contributed by atoms with E-state index in [0.717, 1.165) is 23.7 Å². The van der Waals surface area contributed by atoms with Gasteiger partial charge >= 0.3 is 0 Å². The summed E-state index contributed by atoms with van der Waals surface area (Å²) in [6.45, 7) is 2.96. The van der Waals surface area contributed by atoms with E-state index in [2.05, 4.69) is 16.5 Å². The van der Waals surface area contributed by atoms with Gasteiger partial charge in [-0.2, -0.15) is 11.8 Å². The molecule has 1 heterocycles.